The first-order valence-electron chi connectivity index (χ1n) is 11.9. The molecule has 172 valence electrons. The fraction of sp³-hybridized carbons (Fsp3) is 0.0938. The Labute approximate surface area is 209 Å². The highest BCUT2D eigenvalue weighted by Crippen LogP contribution is 2.42. The molecule has 36 heavy (non-hydrogen) atoms. The molecule has 0 atom stereocenters. The minimum atomic E-state index is 0.595. The molecule has 0 fully saturated rings. The highest BCUT2D eigenvalue weighted by molar-refractivity contribution is 6.14. The molecule has 3 aromatic carbocycles. The van der Waals surface area contributed by atoms with E-state index in [1.807, 2.05) is 24.3 Å². The van der Waals surface area contributed by atoms with E-state index in [4.69, 9.17) is 4.42 Å². The largest absolute Gasteiger partial charge is 0.454 e. The number of furan rings is 1. The first-order chi connectivity index (χ1) is 17.5. The summed E-state index contributed by atoms with van der Waals surface area (Å²) in [5.74, 6) is 0. The zero-order chi connectivity index (χ0) is 24.8. The summed E-state index contributed by atoms with van der Waals surface area (Å²) in [5, 5.41) is 12.0. The van der Waals surface area contributed by atoms with Gasteiger partial charge < -0.3 is 4.42 Å². The van der Waals surface area contributed by atoms with Crippen molar-refractivity contribution in [1.82, 2.24) is 4.98 Å². The fourth-order valence-electron chi connectivity index (χ4n) is 5.08. The molecule has 0 unspecified atom stereocenters. The second kappa shape index (κ2) is 8.48. The van der Waals surface area contributed by atoms with Crippen LogP contribution in [0, 0.1) is 25.2 Å². The molecule has 0 amide bonds. The molecule has 0 saturated carbocycles. The van der Waals surface area contributed by atoms with Crippen LogP contribution in [0.25, 0.3) is 55.4 Å². The molecule has 6 rings (SSSR count). The van der Waals surface area contributed by atoms with Crippen LogP contribution in [0.15, 0.2) is 95.8 Å². The van der Waals surface area contributed by atoms with Crippen LogP contribution in [0.4, 0.5) is 0 Å². The van der Waals surface area contributed by atoms with Crippen LogP contribution in [0.2, 0.25) is 0 Å². The third-order valence-electron chi connectivity index (χ3n) is 6.86. The molecule has 0 radical (unpaired) electrons. The van der Waals surface area contributed by atoms with Crippen LogP contribution in [-0.4, -0.2) is 4.98 Å². The van der Waals surface area contributed by atoms with Gasteiger partial charge in [-0.05, 0) is 66.4 Å². The number of pyridine rings is 2. The van der Waals surface area contributed by atoms with Crippen LogP contribution in [0.1, 0.15) is 16.7 Å². The van der Waals surface area contributed by atoms with E-state index in [0.29, 0.717) is 5.56 Å². The van der Waals surface area contributed by atoms with E-state index in [1.165, 1.54) is 5.56 Å². The zero-order valence-corrected chi connectivity index (χ0v) is 20.4. The molecule has 4 nitrogen and oxygen atoms in total. The number of hydrogen-bond donors (Lipinski definition) is 0. The van der Waals surface area contributed by atoms with Gasteiger partial charge in [0.15, 0.2) is 6.20 Å². The van der Waals surface area contributed by atoms with E-state index < -0.39 is 0 Å². The molecule has 0 aliphatic rings. The van der Waals surface area contributed by atoms with Gasteiger partial charge in [0.25, 0.3) is 0 Å². The standard InChI is InChI=1S/C32H24N3O/c1-20-4-13-28(35(3)19-20)29-21(2)5-11-26-27-12-10-25(18-33)30(32(27)36-31(26)29)24-8-6-22(7-9-24)23-14-16-34-17-15-23/h4-17,19H,1-3H3/q+1. The number of nitrogens with zero attached hydrogens (tertiary/aromatic N) is 3. The van der Waals surface area contributed by atoms with Crippen molar-refractivity contribution in [3.05, 3.63) is 108 Å². The summed E-state index contributed by atoms with van der Waals surface area (Å²) in [5.41, 5.74) is 10.7. The lowest BCUT2D eigenvalue weighted by Gasteiger charge is -2.07. The summed E-state index contributed by atoms with van der Waals surface area (Å²) >= 11 is 0. The first-order valence-corrected chi connectivity index (χ1v) is 11.9. The Kier molecular flexibility index (Phi) is 5.13. The Morgan fingerprint density at radius 1 is 0.722 bits per heavy atom. The van der Waals surface area contributed by atoms with Gasteiger partial charge in [0.2, 0.25) is 5.69 Å². The number of rotatable bonds is 3. The van der Waals surface area contributed by atoms with E-state index in [-0.39, 0.29) is 0 Å². The van der Waals surface area contributed by atoms with Gasteiger partial charge in [0.1, 0.15) is 18.2 Å². The van der Waals surface area contributed by atoms with Crippen molar-refractivity contribution < 1.29 is 8.98 Å². The second-order valence-electron chi connectivity index (χ2n) is 9.23. The number of nitriles is 1. The van der Waals surface area contributed by atoms with Gasteiger partial charge >= 0.3 is 0 Å². The topological polar surface area (TPSA) is 53.7 Å². The summed E-state index contributed by atoms with van der Waals surface area (Å²) in [6.07, 6.45) is 5.71. The second-order valence-corrected chi connectivity index (χ2v) is 9.23. The van der Waals surface area contributed by atoms with E-state index in [2.05, 4.69) is 91.2 Å². The molecular weight excluding hydrogens is 442 g/mol. The Balaban J connectivity index is 1.61. The summed E-state index contributed by atoms with van der Waals surface area (Å²) in [4.78, 5) is 4.11. The maximum Gasteiger partial charge on any atom is 0.216 e. The van der Waals surface area contributed by atoms with Gasteiger partial charge in [-0.2, -0.15) is 5.26 Å². The molecule has 0 N–H and O–H groups in total. The molecular formula is C32H24N3O+. The Bertz CT molecular complexity index is 1810. The highest BCUT2D eigenvalue weighted by atomic mass is 16.3. The predicted molar refractivity (Wildman–Crippen MR) is 143 cm³/mol. The Morgan fingerprint density at radius 3 is 2.06 bits per heavy atom. The Morgan fingerprint density at radius 2 is 1.36 bits per heavy atom. The monoisotopic (exact) mass is 466 g/mol. The van der Waals surface area contributed by atoms with Crippen molar-refractivity contribution >= 4 is 21.9 Å². The van der Waals surface area contributed by atoms with Crippen molar-refractivity contribution in [3.63, 3.8) is 0 Å². The van der Waals surface area contributed by atoms with Crippen molar-refractivity contribution in [2.75, 3.05) is 0 Å². The van der Waals surface area contributed by atoms with Gasteiger partial charge in [-0.1, -0.05) is 36.4 Å². The molecule has 0 aliphatic carbocycles. The van der Waals surface area contributed by atoms with Crippen LogP contribution in [-0.2, 0) is 7.05 Å². The number of fused-ring (bicyclic) bond motifs is 3. The lowest BCUT2D eigenvalue weighted by molar-refractivity contribution is -0.660. The quantitative estimate of drug-likeness (QED) is 0.257. The number of hydrogen-bond acceptors (Lipinski definition) is 3. The maximum atomic E-state index is 9.98. The van der Waals surface area contributed by atoms with Crippen molar-refractivity contribution in [1.29, 1.82) is 5.26 Å². The molecule has 6 aromatic rings. The summed E-state index contributed by atoms with van der Waals surface area (Å²) in [6, 6.07) is 27.1. The van der Waals surface area contributed by atoms with Crippen molar-refractivity contribution in [2.24, 2.45) is 7.05 Å². The maximum absolute atomic E-state index is 9.98. The zero-order valence-electron chi connectivity index (χ0n) is 20.4. The number of aromatic nitrogens is 2. The average molecular weight is 467 g/mol. The average Bonchev–Trinajstić information content (AvgIpc) is 3.28. The SMILES string of the molecule is Cc1ccc(-c2c(C)ccc3c2oc2c(-c4ccc(-c5ccncc5)cc4)c(C#N)ccc23)[n+](C)c1. The Hall–Kier alpha value is -4.75. The highest BCUT2D eigenvalue weighted by Gasteiger charge is 2.23. The van der Waals surface area contributed by atoms with Crippen LogP contribution in [0.5, 0.6) is 0 Å². The van der Waals surface area contributed by atoms with Crippen molar-refractivity contribution in [3.8, 4) is 39.6 Å². The van der Waals surface area contributed by atoms with Crippen LogP contribution >= 0.6 is 0 Å². The number of aryl methyl sites for hydroxylation is 3. The van der Waals surface area contributed by atoms with Gasteiger partial charge in [-0.3, -0.25) is 4.98 Å². The normalized spacial score (nSPS) is 11.2. The summed E-state index contributed by atoms with van der Waals surface area (Å²) in [6.45, 7) is 4.20. The molecule has 0 spiro atoms. The van der Waals surface area contributed by atoms with Gasteiger partial charge in [-0.15, -0.1) is 0 Å². The van der Waals surface area contributed by atoms with E-state index in [1.54, 1.807) is 12.4 Å². The lowest BCUT2D eigenvalue weighted by Crippen LogP contribution is -2.31. The van der Waals surface area contributed by atoms with Gasteiger partial charge in [0, 0.05) is 40.4 Å². The molecule has 0 bridgehead atoms. The molecule has 3 aromatic heterocycles. The van der Waals surface area contributed by atoms with Gasteiger partial charge in [0.05, 0.1) is 17.2 Å². The predicted octanol–water partition coefficient (Wildman–Crippen LogP) is 7.30. The van der Waals surface area contributed by atoms with E-state index in [0.717, 1.165) is 61.0 Å². The summed E-state index contributed by atoms with van der Waals surface area (Å²) in [7, 11) is 2.06. The van der Waals surface area contributed by atoms with Crippen LogP contribution < -0.4 is 4.57 Å². The fourth-order valence-corrected chi connectivity index (χ4v) is 5.08. The lowest BCUT2D eigenvalue weighted by atomic mass is 9.95. The van der Waals surface area contributed by atoms with E-state index >= 15 is 0 Å². The summed E-state index contributed by atoms with van der Waals surface area (Å²) < 4.78 is 8.82. The minimum Gasteiger partial charge on any atom is -0.454 e. The molecule has 3 heterocycles. The van der Waals surface area contributed by atoms with Crippen LogP contribution in [0.3, 0.4) is 0 Å². The smallest absolute Gasteiger partial charge is 0.216 e. The third kappa shape index (κ3) is 3.45. The molecule has 4 heteroatoms. The minimum absolute atomic E-state index is 0.595. The van der Waals surface area contributed by atoms with E-state index in [9.17, 15) is 5.26 Å². The molecule has 0 saturated heterocycles. The van der Waals surface area contributed by atoms with Gasteiger partial charge in [-0.25, -0.2) is 4.57 Å². The first kappa shape index (κ1) is 21.8. The molecule has 0 aliphatic heterocycles. The number of benzene rings is 3. The third-order valence-corrected chi connectivity index (χ3v) is 6.86. The van der Waals surface area contributed by atoms with Crippen molar-refractivity contribution in [2.45, 2.75) is 13.8 Å².